The van der Waals surface area contributed by atoms with Crippen LogP contribution < -0.4 is 5.32 Å². The van der Waals surface area contributed by atoms with Crippen molar-refractivity contribution in [2.45, 2.75) is 32.2 Å². The summed E-state index contributed by atoms with van der Waals surface area (Å²) in [6.07, 6.45) is 3.37. The van der Waals surface area contributed by atoms with Crippen molar-refractivity contribution in [2.24, 2.45) is 0 Å². The predicted molar refractivity (Wildman–Crippen MR) is 76.0 cm³/mol. The van der Waals surface area contributed by atoms with E-state index in [4.69, 9.17) is 0 Å². The molecule has 2 aromatic rings. The maximum Gasteiger partial charge on any atom is 0.0943 e. The molecule has 17 heavy (non-hydrogen) atoms. The third-order valence-corrected chi connectivity index (χ3v) is 4.58. The molecule has 2 rings (SSSR count). The Bertz CT molecular complexity index is 434. The highest BCUT2D eigenvalue weighted by Crippen LogP contribution is 2.15. The molecule has 0 aliphatic carbocycles. The Labute approximate surface area is 111 Å². The number of aryl methyl sites for hydroxylation is 2. The van der Waals surface area contributed by atoms with Crippen LogP contribution in [-0.4, -0.2) is 18.1 Å². The Kier molecular flexibility index (Phi) is 4.71. The lowest BCUT2D eigenvalue weighted by Crippen LogP contribution is -2.28. The van der Waals surface area contributed by atoms with Crippen LogP contribution >= 0.6 is 22.7 Å². The minimum Gasteiger partial charge on any atom is -0.317 e. The monoisotopic (exact) mass is 266 g/mol. The van der Waals surface area contributed by atoms with E-state index in [1.807, 2.05) is 7.05 Å². The molecule has 0 saturated carbocycles. The highest BCUT2D eigenvalue weighted by Gasteiger charge is 2.10. The number of likely N-dealkylation sites (N-methyl/N-ethyl adjacent to an activating group) is 1. The quantitative estimate of drug-likeness (QED) is 0.868. The minimum atomic E-state index is 0.528. The van der Waals surface area contributed by atoms with E-state index < -0.39 is 0 Å². The van der Waals surface area contributed by atoms with Gasteiger partial charge in [0.2, 0.25) is 0 Å². The van der Waals surface area contributed by atoms with Gasteiger partial charge in [0.1, 0.15) is 0 Å². The number of thiophene rings is 1. The molecular formula is C13H18N2S2. The summed E-state index contributed by atoms with van der Waals surface area (Å²) < 4.78 is 0. The second-order valence-electron chi connectivity index (χ2n) is 4.24. The number of hydrogen-bond donors (Lipinski definition) is 1. The molecule has 0 aliphatic heterocycles. The van der Waals surface area contributed by atoms with Crippen molar-refractivity contribution in [1.29, 1.82) is 0 Å². The molecule has 0 bridgehead atoms. The van der Waals surface area contributed by atoms with Crippen LogP contribution in [0, 0.1) is 6.92 Å². The zero-order chi connectivity index (χ0) is 12.1. The number of nitrogens with one attached hydrogen (secondary N) is 1. The summed E-state index contributed by atoms with van der Waals surface area (Å²) in [5.41, 5.74) is 2.59. The first-order chi connectivity index (χ1) is 8.28. The van der Waals surface area contributed by atoms with Gasteiger partial charge in [-0.3, -0.25) is 0 Å². The maximum atomic E-state index is 4.52. The van der Waals surface area contributed by atoms with E-state index in [2.05, 4.69) is 39.4 Å². The summed E-state index contributed by atoms with van der Waals surface area (Å²) in [6.45, 7) is 2.06. The smallest absolute Gasteiger partial charge is 0.0943 e. The molecule has 4 heteroatoms. The molecule has 0 radical (unpaired) electrons. The third kappa shape index (κ3) is 3.91. The summed E-state index contributed by atoms with van der Waals surface area (Å²) in [5, 5.41) is 11.1. The fourth-order valence-corrected chi connectivity index (χ4v) is 3.39. The Morgan fingerprint density at radius 1 is 1.41 bits per heavy atom. The predicted octanol–water partition coefficient (Wildman–Crippen LogP) is 3.28. The fourth-order valence-electron chi connectivity index (χ4n) is 1.83. The Hall–Kier alpha value is -0.710. The number of rotatable bonds is 6. The van der Waals surface area contributed by atoms with E-state index in [0.717, 1.165) is 18.5 Å². The minimum absolute atomic E-state index is 0.528. The van der Waals surface area contributed by atoms with E-state index in [0.29, 0.717) is 6.04 Å². The van der Waals surface area contributed by atoms with Gasteiger partial charge in [-0.05, 0) is 49.2 Å². The largest absolute Gasteiger partial charge is 0.317 e. The van der Waals surface area contributed by atoms with Gasteiger partial charge in [-0.15, -0.1) is 11.3 Å². The van der Waals surface area contributed by atoms with Crippen LogP contribution in [0.25, 0.3) is 0 Å². The van der Waals surface area contributed by atoms with Crippen molar-refractivity contribution >= 4 is 22.7 Å². The maximum absolute atomic E-state index is 4.52. The molecule has 0 saturated heterocycles. The molecule has 92 valence electrons. The summed E-state index contributed by atoms with van der Waals surface area (Å²) >= 11 is 3.54. The van der Waals surface area contributed by atoms with Crippen molar-refractivity contribution in [3.8, 4) is 0 Å². The topological polar surface area (TPSA) is 24.9 Å². The zero-order valence-corrected chi connectivity index (χ0v) is 11.9. The molecule has 0 amide bonds. The highest BCUT2D eigenvalue weighted by atomic mass is 32.1. The second-order valence-corrected chi connectivity index (χ2v) is 5.97. The summed E-state index contributed by atoms with van der Waals surface area (Å²) in [4.78, 5) is 4.52. The van der Waals surface area contributed by atoms with Crippen molar-refractivity contribution < 1.29 is 0 Å². The van der Waals surface area contributed by atoms with Gasteiger partial charge in [0.25, 0.3) is 0 Å². The molecule has 0 fully saturated rings. The molecule has 2 nitrogen and oxygen atoms in total. The van der Waals surface area contributed by atoms with Crippen LogP contribution in [0.15, 0.2) is 22.2 Å². The molecule has 2 aromatic heterocycles. The summed E-state index contributed by atoms with van der Waals surface area (Å²) in [6, 6.07) is 2.74. The van der Waals surface area contributed by atoms with Crippen LogP contribution in [0.1, 0.15) is 22.7 Å². The van der Waals surface area contributed by atoms with Crippen LogP contribution in [0.3, 0.4) is 0 Å². The number of thiazole rings is 1. The van der Waals surface area contributed by atoms with E-state index in [9.17, 15) is 0 Å². The van der Waals surface area contributed by atoms with E-state index in [1.165, 1.54) is 17.0 Å². The molecule has 1 atom stereocenters. The highest BCUT2D eigenvalue weighted by molar-refractivity contribution is 7.09. The van der Waals surface area contributed by atoms with Gasteiger partial charge >= 0.3 is 0 Å². The zero-order valence-electron chi connectivity index (χ0n) is 10.3. The summed E-state index contributed by atoms with van der Waals surface area (Å²) in [7, 11) is 2.04. The van der Waals surface area contributed by atoms with Crippen LogP contribution in [0.2, 0.25) is 0 Å². The number of aromatic nitrogens is 1. The Balaban J connectivity index is 1.84. The molecular weight excluding hydrogens is 248 g/mol. The van der Waals surface area contributed by atoms with Gasteiger partial charge in [0, 0.05) is 23.5 Å². The first-order valence-corrected chi connectivity index (χ1v) is 7.69. The van der Waals surface area contributed by atoms with Gasteiger partial charge in [-0.2, -0.15) is 11.3 Å². The van der Waals surface area contributed by atoms with Crippen molar-refractivity contribution in [3.63, 3.8) is 0 Å². The van der Waals surface area contributed by atoms with Gasteiger partial charge in [-0.25, -0.2) is 4.98 Å². The van der Waals surface area contributed by atoms with E-state index in [-0.39, 0.29) is 0 Å². The van der Waals surface area contributed by atoms with Crippen LogP contribution in [-0.2, 0) is 12.8 Å². The van der Waals surface area contributed by atoms with Gasteiger partial charge < -0.3 is 5.32 Å². The van der Waals surface area contributed by atoms with Gasteiger partial charge in [0.05, 0.1) is 5.01 Å². The van der Waals surface area contributed by atoms with Crippen molar-refractivity contribution in [3.05, 3.63) is 38.5 Å². The molecule has 1 unspecified atom stereocenters. The Morgan fingerprint density at radius 3 is 2.88 bits per heavy atom. The van der Waals surface area contributed by atoms with Crippen LogP contribution in [0.5, 0.6) is 0 Å². The normalized spacial score (nSPS) is 12.8. The first-order valence-electron chi connectivity index (χ1n) is 5.87. The number of nitrogens with zero attached hydrogens (tertiary/aromatic N) is 1. The number of hydrogen-bond acceptors (Lipinski definition) is 4. The third-order valence-electron chi connectivity index (χ3n) is 2.86. The lowest BCUT2D eigenvalue weighted by molar-refractivity contribution is 0.519. The SMILES string of the molecule is CNC(CCc1ccsc1)Cc1nc(C)cs1. The summed E-state index contributed by atoms with van der Waals surface area (Å²) in [5.74, 6) is 0. The van der Waals surface area contributed by atoms with Crippen molar-refractivity contribution in [2.75, 3.05) is 7.05 Å². The molecule has 0 spiro atoms. The average Bonchev–Trinajstić information content (AvgIpc) is 2.96. The fraction of sp³-hybridized carbons (Fsp3) is 0.462. The second kappa shape index (κ2) is 6.28. The standard InChI is InChI=1S/C13H18N2S2/c1-10-8-17-13(15-10)7-12(14-2)4-3-11-5-6-16-9-11/h5-6,8-9,12,14H,3-4,7H2,1-2H3. The first kappa shape index (κ1) is 12.7. The van der Waals surface area contributed by atoms with Gasteiger partial charge in [-0.1, -0.05) is 0 Å². The molecule has 0 aliphatic rings. The lowest BCUT2D eigenvalue weighted by atomic mass is 10.1. The van der Waals surface area contributed by atoms with Crippen molar-refractivity contribution in [1.82, 2.24) is 10.3 Å². The van der Waals surface area contributed by atoms with Crippen LogP contribution in [0.4, 0.5) is 0 Å². The Morgan fingerprint density at radius 2 is 2.29 bits per heavy atom. The lowest BCUT2D eigenvalue weighted by Gasteiger charge is -2.14. The van der Waals surface area contributed by atoms with E-state index in [1.54, 1.807) is 22.7 Å². The molecule has 0 aromatic carbocycles. The van der Waals surface area contributed by atoms with E-state index >= 15 is 0 Å². The molecule has 2 heterocycles. The molecule has 1 N–H and O–H groups in total. The van der Waals surface area contributed by atoms with Gasteiger partial charge in [0.15, 0.2) is 0 Å². The average molecular weight is 266 g/mol.